The first kappa shape index (κ1) is 12.2. The Labute approximate surface area is 78.6 Å². The monoisotopic (exact) mass is 189 g/mol. The molecule has 0 saturated heterocycles. The fraction of sp³-hybridized carbons (Fsp3) is 0.875. The third kappa shape index (κ3) is 4.69. The molecule has 0 aliphatic carbocycles. The molecule has 0 atom stereocenters. The zero-order valence-electron chi connectivity index (χ0n) is 8.25. The molecule has 0 rings (SSSR count). The Morgan fingerprint density at radius 1 is 1.46 bits per heavy atom. The van der Waals surface area contributed by atoms with E-state index < -0.39 is 0 Å². The van der Waals surface area contributed by atoms with Gasteiger partial charge in [-0.2, -0.15) is 0 Å². The molecule has 0 radical (unpaired) electrons. The van der Waals surface area contributed by atoms with Gasteiger partial charge in [0.25, 0.3) is 0 Å². The number of hydrogen-bond donors (Lipinski definition) is 4. The van der Waals surface area contributed by atoms with E-state index in [1.54, 1.807) is 0 Å². The number of aliphatic hydroxyl groups is 1. The SMILES string of the molecule is CC(C)(CCNCCO)C(N)=NO. The number of oxime groups is 1. The fourth-order valence-corrected chi connectivity index (χ4v) is 0.868. The van der Waals surface area contributed by atoms with E-state index in [-0.39, 0.29) is 17.9 Å². The summed E-state index contributed by atoms with van der Waals surface area (Å²) in [5, 5.41) is 23.0. The Morgan fingerprint density at radius 2 is 2.08 bits per heavy atom. The van der Waals surface area contributed by atoms with Gasteiger partial charge in [0.2, 0.25) is 0 Å². The maximum absolute atomic E-state index is 8.50. The van der Waals surface area contributed by atoms with Crippen molar-refractivity contribution in [3.05, 3.63) is 0 Å². The highest BCUT2D eigenvalue weighted by Gasteiger charge is 2.22. The van der Waals surface area contributed by atoms with E-state index in [2.05, 4.69) is 10.5 Å². The van der Waals surface area contributed by atoms with Crippen LogP contribution in [-0.4, -0.2) is 35.8 Å². The molecule has 0 aliphatic rings. The largest absolute Gasteiger partial charge is 0.409 e. The lowest BCUT2D eigenvalue weighted by molar-refractivity contribution is 0.286. The summed E-state index contributed by atoms with van der Waals surface area (Å²) in [5.41, 5.74) is 5.18. The summed E-state index contributed by atoms with van der Waals surface area (Å²) in [7, 11) is 0. The van der Waals surface area contributed by atoms with Crippen molar-refractivity contribution in [3.63, 3.8) is 0 Å². The van der Waals surface area contributed by atoms with Gasteiger partial charge in [-0.1, -0.05) is 19.0 Å². The number of rotatable bonds is 6. The van der Waals surface area contributed by atoms with Gasteiger partial charge in [0.15, 0.2) is 0 Å². The summed E-state index contributed by atoms with van der Waals surface area (Å²) in [6.45, 7) is 5.26. The van der Waals surface area contributed by atoms with Crippen LogP contribution in [0.15, 0.2) is 5.16 Å². The Balaban J connectivity index is 3.76. The molecular formula is C8H19N3O2. The van der Waals surface area contributed by atoms with Crippen LogP contribution < -0.4 is 11.1 Å². The first-order valence-electron chi connectivity index (χ1n) is 4.34. The maximum atomic E-state index is 8.50. The lowest BCUT2D eigenvalue weighted by Gasteiger charge is -2.22. The van der Waals surface area contributed by atoms with Crippen molar-refractivity contribution in [2.75, 3.05) is 19.7 Å². The third-order valence-electron chi connectivity index (χ3n) is 2.02. The second kappa shape index (κ2) is 5.77. The highest BCUT2D eigenvalue weighted by Crippen LogP contribution is 2.19. The molecule has 5 N–H and O–H groups in total. The predicted molar refractivity (Wildman–Crippen MR) is 51.8 cm³/mol. The van der Waals surface area contributed by atoms with Crippen molar-refractivity contribution in [1.82, 2.24) is 5.32 Å². The summed E-state index contributed by atoms with van der Waals surface area (Å²) < 4.78 is 0. The molecule has 0 aromatic heterocycles. The van der Waals surface area contributed by atoms with Gasteiger partial charge in [-0.15, -0.1) is 0 Å². The highest BCUT2D eigenvalue weighted by atomic mass is 16.4. The van der Waals surface area contributed by atoms with Gasteiger partial charge < -0.3 is 21.4 Å². The minimum absolute atomic E-state index is 0.129. The standard InChI is InChI=1S/C8H19N3O2/c1-8(2,7(9)11-13)3-4-10-5-6-12/h10,12-13H,3-6H2,1-2H3,(H2,9,11). The second-order valence-electron chi connectivity index (χ2n) is 3.59. The van der Waals surface area contributed by atoms with E-state index in [4.69, 9.17) is 16.0 Å². The molecule has 0 saturated carbocycles. The van der Waals surface area contributed by atoms with Gasteiger partial charge in [0.05, 0.1) is 6.61 Å². The Hall–Kier alpha value is -0.810. The topological polar surface area (TPSA) is 90.9 Å². The van der Waals surface area contributed by atoms with E-state index in [1.165, 1.54) is 0 Å². The van der Waals surface area contributed by atoms with Crippen LogP contribution in [0.3, 0.4) is 0 Å². The highest BCUT2D eigenvalue weighted by molar-refractivity contribution is 5.85. The summed E-state index contributed by atoms with van der Waals surface area (Å²) in [4.78, 5) is 0. The van der Waals surface area contributed by atoms with Gasteiger partial charge in [0, 0.05) is 12.0 Å². The van der Waals surface area contributed by atoms with Crippen LogP contribution in [0.5, 0.6) is 0 Å². The van der Waals surface area contributed by atoms with Gasteiger partial charge in [-0.3, -0.25) is 0 Å². The lowest BCUT2D eigenvalue weighted by Crippen LogP contribution is -2.35. The van der Waals surface area contributed by atoms with Gasteiger partial charge >= 0.3 is 0 Å². The van der Waals surface area contributed by atoms with Crippen molar-refractivity contribution >= 4 is 5.84 Å². The van der Waals surface area contributed by atoms with Crippen LogP contribution >= 0.6 is 0 Å². The van der Waals surface area contributed by atoms with Crippen LogP contribution in [0.25, 0.3) is 0 Å². The average Bonchev–Trinajstić information content (AvgIpc) is 2.11. The van der Waals surface area contributed by atoms with E-state index in [0.717, 1.165) is 13.0 Å². The molecule has 0 fully saturated rings. The maximum Gasteiger partial charge on any atom is 0.144 e. The number of aliphatic hydroxyl groups excluding tert-OH is 1. The van der Waals surface area contributed by atoms with Crippen molar-refractivity contribution in [3.8, 4) is 0 Å². The summed E-state index contributed by atoms with van der Waals surface area (Å²) in [5.74, 6) is 0.235. The third-order valence-corrected chi connectivity index (χ3v) is 2.02. The predicted octanol–water partition coefficient (Wildman–Crippen LogP) is -0.269. The normalized spacial score (nSPS) is 13.3. The Bertz CT molecular complexity index is 169. The molecule has 0 aliphatic heterocycles. The number of hydrogen-bond acceptors (Lipinski definition) is 4. The smallest absolute Gasteiger partial charge is 0.144 e. The molecule has 0 heterocycles. The Kier molecular flexibility index (Phi) is 5.41. The van der Waals surface area contributed by atoms with Crippen molar-refractivity contribution in [2.45, 2.75) is 20.3 Å². The molecule has 0 amide bonds. The molecule has 5 heteroatoms. The number of amidine groups is 1. The van der Waals surface area contributed by atoms with Gasteiger partial charge in [0.1, 0.15) is 5.84 Å². The first-order chi connectivity index (χ1) is 6.04. The molecule has 0 aromatic rings. The minimum atomic E-state index is -0.308. The summed E-state index contributed by atoms with van der Waals surface area (Å²) in [6, 6.07) is 0. The second-order valence-corrected chi connectivity index (χ2v) is 3.59. The van der Waals surface area contributed by atoms with Crippen molar-refractivity contribution in [2.24, 2.45) is 16.3 Å². The van der Waals surface area contributed by atoms with Crippen LogP contribution in [0, 0.1) is 5.41 Å². The molecule has 0 aromatic carbocycles. The lowest BCUT2D eigenvalue weighted by atomic mass is 9.88. The molecule has 78 valence electrons. The molecule has 13 heavy (non-hydrogen) atoms. The summed E-state index contributed by atoms with van der Waals surface area (Å²) >= 11 is 0. The number of nitrogens with one attached hydrogen (secondary N) is 1. The first-order valence-corrected chi connectivity index (χ1v) is 4.34. The van der Waals surface area contributed by atoms with E-state index >= 15 is 0 Å². The van der Waals surface area contributed by atoms with E-state index in [9.17, 15) is 0 Å². The van der Waals surface area contributed by atoms with Crippen LogP contribution in [0.4, 0.5) is 0 Å². The van der Waals surface area contributed by atoms with Crippen molar-refractivity contribution < 1.29 is 10.3 Å². The van der Waals surface area contributed by atoms with Crippen molar-refractivity contribution in [1.29, 1.82) is 0 Å². The molecule has 0 unspecified atom stereocenters. The van der Waals surface area contributed by atoms with Crippen LogP contribution in [0.2, 0.25) is 0 Å². The molecule has 0 spiro atoms. The summed E-state index contributed by atoms with van der Waals surface area (Å²) in [6.07, 6.45) is 0.767. The zero-order chi connectivity index (χ0) is 10.3. The Morgan fingerprint density at radius 3 is 2.54 bits per heavy atom. The fourth-order valence-electron chi connectivity index (χ4n) is 0.868. The average molecular weight is 189 g/mol. The van der Waals surface area contributed by atoms with Crippen LogP contribution in [0.1, 0.15) is 20.3 Å². The van der Waals surface area contributed by atoms with Gasteiger partial charge in [-0.25, -0.2) is 0 Å². The number of nitrogens with two attached hydrogens (primary N) is 1. The van der Waals surface area contributed by atoms with Gasteiger partial charge in [-0.05, 0) is 13.0 Å². The zero-order valence-corrected chi connectivity index (χ0v) is 8.25. The molecule has 0 bridgehead atoms. The van der Waals surface area contributed by atoms with E-state index in [0.29, 0.717) is 6.54 Å². The molecular weight excluding hydrogens is 170 g/mol. The quantitative estimate of drug-likeness (QED) is 0.152. The minimum Gasteiger partial charge on any atom is -0.409 e. The number of nitrogens with zero attached hydrogens (tertiary/aromatic N) is 1. The van der Waals surface area contributed by atoms with Crippen LogP contribution in [-0.2, 0) is 0 Å². The molecule has 5 nitrogen and oxygen atoms in total. The van der Waals surface area contributed by atoms with E-state index in [1.807, 2.05) is 13.8 Å².